The van der Waals surface area contributed by atoms with Crippen LogP contribution in [0.2, 0.25) is 0 Å². The van der Waals surface area contributed by atoms with Crippen molar-refractivity contribution in [1.29, 1.82) is 0 Å². The van der Waals surface area contributed by atoms with Crippen molar-refractivity contribution in [2.24, 2.45) is 0 Å². The van der Waals surface area contributed by atoms with Gasteiger partial charge in [0.2, 0.25) is 5.91 Å². The van der Waals surface area contributed by atoms with Crippen LogP contribution >= 0.6 is 0 Å². The van der Waals surface area contributed by atoms with E-state index in [1.165, 1.54) is 30.0 Å². The minimum Gasteiger partial charge on any atom is -0.490 e. The van der Waals surface area contributed by atoms with Crippen molar-refractivity contribution in [1.82, 2.24) is 14.9 Å². The SMILES string of the molecule is O=C(Cn1cccnc1=O)NCc1ccc(OC2CCCCC2)cc1. The lowest BCUT2D eigenvalue weighted by molar-refractivity contribution is -0.121. The third-order valence-corrected chi connectivity index (χ3v) is 4.36. The Morgan fingerprint density at radius 1 is 1.20 bits per heavy atom. The predicted molar refractivity (Wildman–Crippen MR) is 94.3 cm³/mol. The van der Waals surface area contributed by atoms with E-state index in [0.717, 1.165) is 24.2 Å². The summed E-state index contributed by atoms with van der Waals surface area (Å²) in [7, 11) is 0. The fourth-order valence-electron chi connectivity index (χ4n) is 2.98. The minimum atomic E-state index is -0.429. The van der Waals surface area contributed by atoms with Gasteiger partial charge in [0.25, 0.3) is 0 Å². The first-order valence-corrected chi connectivity index (χ1v) is 8.74. The number of amides is 1. The van der Waals surface area contributed by atoms with Crippen LogP contribution in [-0.2, 0) is 17.9 Å². The summed E-state index contributed by atoms with van der Waals surface area (Å²) in [5, 5.41) is 2.81. The maximum atomic E-state index is 11.9. The van der Waals surface area contributed by atoms with E-state index >= 15 is 0 Å². The average molecular weight is 341 g/mol. The zero-order valence-electron chi connectivity index (χ0n) is 14.2. The molecule has 1 aromatic heterocycles. The van der Waals surface area contributed by atoms with Gasteiger partial charge in [0.1, 0.15) is 12.3 Å². The van der Waals surface area contributed by atoms with Gasteiger partial charge in [0.05, 0.1) is 6.10 Å². The van der Waals surface area contributed by atoms with Crippen LogP contribution in [0.25, 0.3) is 0 Å². The van der Waals surface area contributed by atoms with E-state index in [2.05, 4.69) is 10.3 Å². The molecule has 2 aromatic rings. The molecule has 0 atom stereocenters. The van der Waals surface area contributed by atoms with Gasteiger partial charge in [-0.05, 0) is 49.4 Å². The Bertz CT molecular complexity index is 749. The van der Waals surface area contributed by atoms with Crippen molar-refractivity contribution in [2.75, 3.05) is 0 Å². The van der Waals surface area contributed by atoms with Crippen molar-refractivity contribution in [3.63, 3.8) is 0 Å². The predicted octanol–water partition coefficient (Wildman–Crippen LogP) is 2.27. The molecule has 1 N–H and O–H groups in total. The molecule has 0 unspecified atom stereocenters. The molecule has 0 spiro atoms. The van der Waals surface area contributed by atoms with Crippen LogP contribution < -0.4 is 15.7 Å². The van der Waals surface area contributed by atoms with Gasteiger partial charge >= 0.3 is 5.69 Å². The molecule has 1 amide bonds. The quantitative estimate of drug-likeness (QED) is 0.875. The second kappa shape index (κ2) is 8.46. The second-order valence-electron chi connectivity index (χ2n) is 6.33. The van der Waals surface area contributed by atoms with Gasteiger partial charge in [-0.1, -0.05) is 18.6 Å². The summed E-state index contributed by atoms with van der Waals surface area (Å²) in [6.07, 6.45) is 9.35. The average Bonchev–Trinajstić information content (AvgIpc) is 2.64. The maximum Gasteiger partial charge on any atom is 0.347 e. The Morgan fingerprint density at radius 3 is 2.68 bits per heavy atom. The van der Waals surface area contributed by atoms with E-state index in [-0.39, 0.29) is 12.5 Å². The number of nitrogens with zero attached hydrogens (tertiary/aromatic N) is 2. The highest BCUT2D eigenvalue weighted by molar-refractivity contribution is 5.75. The Labute approximate surface area is 146 Å². The lowest BCUT2D eigenvalue weighted by atomic mass is 9.98. The summed E-state index contributed by atoms with van der Waals surface area (Å²) in [5.74, 6) is 0.654. The summed E-state index contributed by atoms with van der Waals surface area (Å²) in [4.78, 5) is 27.1. The largest absolute Gasteiger partial charge is 0.490 e. The van der Waals surface area contributed by atoms with E-state index < -0.39 is 5.69 Å². The molecule has 0 saturated heterocycles. The first-order chi connectivity index (χ1) is 12.2. The van der Waals surface area contributed by atoms with Crippen molar-refractivity contribution in [3.05, 3.63) is 58.8 Å². The Kier molecular flexibility index (Phi) is 5.82. The summed E-state index contributed by atoms with van der Waals surface area (Å²) in [6.45, 7) is 0.382. The third-order valence-electron chi connectivity index (χ3n) is 4.36. The Hall–Kier alpha value is -2.63. The number of hydrogen-bond donors (Lipinski definition) is 1. The lowest BCUT2D eigenvalue weighted by Gasteiger charge is -2.23. The standard InChI is InChI=1S/C19H23N3O3/c23-18(14-22-12-4-11-20-19(22)24)21-13-15-7-9-17(10-8-15)25-16-5-2-1-3-6-16/h4,7-12,16H,1-3,5-6,13-14H2,(H,21,23). The topological polar surface area (TPSA) is 73.2 Å². The number of carbonyl (C=O) groups excluding carboxylic acids is 1. The molecule has 0 radical (unpaired) electrons. The van der Waals surface area contributed by atoms with Crippen LogP contribution in [0.5, 0.6) is 5.75 Å². The molecule has 3 rings (SSSR count). The lowest BCUT2D eigenvalue weighted by Crippen LogP contribution is -2.32. The molecular weight excluding hydrogens is 318 g/mol. The maximum absolute atomic E-state index is 11.9. The van der Waals surface area contributed by atoms with Crippen molar-refractivity contribution in [2.45, 2.75) is 51.3 Å². The zero-order chi connectivity index (χ0) is 17.5. The van der Waals surface area contributed by atoms with Crippen molar-refractivity contribution in [3.8, 4) is 5.75 Å². The summed E-state index contributed by atoms with van der Waals surface area (Å²) >= 11 is 0. The van der Waals surface area contributed by atoms with Crippen molar-refractivity contribution < 1.29 is 9.53 Å². The van der Waals surface area contributed by atoms with Crippen LogP contribution in [0, 0.1) is 0 Å². The number of hydrogen-bond acceptors (Lipinski definition) is 4. The summed E-state index contributed by atoms with van der Waals surface area (Å²) in [5.41, 5.74) is 0.560. The van der Waals surface area contributed by atoms with Gasteiger partial charge in [-0.2, -0.15) is 0 Å². The van der Waals surface area contributed by atoms with Crippen LogP contribution in [-0.4, -0.2) is 21.6 Å². The number of ether oxygens (including phenoxy) is 1. The highest BCUT2D eigenvalue weighted by Crippen LogP contribution is 2.23. The molecule has 1 aliphatic rings. The van der Waals surface area contributed by atoms with Gasteiger partial charge in [0, 0.05) is 18.9 Å². The van der Waals surface area contributed by atoms with Gasteiger partial charge < -0.3 is 10.1 Å². The van der Waals surface area contributed by atoms with Gasteiger partial charge in [-0.15, -0.1) is 0 Å². The highest BCUT2D eigenvalue weighted by Gasteiger charge is 2.14. The number of carbonyl (C=O) groups is 1. The van der Waals surface area contributed by atoms with Crippen LogP contribution in [0.3, 0.4) is 0 Å². The van der Waals surface area contributed by atoms with E-state index in [9.17, 15) is 9.59 Å². The molecule has 0 aliphatic heterocycles. The number of nitrogens with one attached hydrogen (secondary N) is 1. The molecule has 1 fully saturated rings. The zero-order valence-corrected chi connectivity index (χ0v) is 14.2. The summed E-state index contributed by atoms with van der Waals surface area (Å²) < 4.78 is 7.27. The molecule has 25 heavy (non-hydrogen) atoms. The Morgan fingerprint density at radius 2 is 1.96 bits per heavy atom. The van der Waals surface area contributed by atoms with Gasteiger partial charge in [-0.3, -0.25) is 9.36 Å². The molecule has 1 aromatic carbocycles. The molecular formula is C19H23N3O3. The molecule has 6 heteroatoms. The van der Waals surface area contributed by atoms with Crippen LogP contribution in [0.15, 0.2) is 47.5 Å². The molecule has 1 saturated carbocycles. The second-order valence-corrected chi connectivity index (χ2v) is 6.33. The molecule has 0 bridgehead atoms. The monoisotopic (exact) mass is 341 g/mol. The molecule has 6 nitrogen and oxygen atoms in total. The molecule has 132 valence electrons. The minimum absolute atomic E-state index is 0.0322. The number of rotatable bonds is 6. The van der Waals surface area contributed by atoms with Gasteiger partial charge in [0.15, 0.2) is 0 Å². The highest BCUT2D eigenvalue weighted by atomic mass is 16.5. The van der Waals surface area contributed by atoms with E-state index in [1.807, 2.05) is 24.3 Å². The van der Waals surface area contributed by atoms with Gasteiger partial charge in [-0.25, -0.2) is 9.78 Å². The normalized spacial score (nSPS) is 14.9. The first kappa shape index (κ1) is 17.2. The number of aromatic nitrogens is 2. The fourth-order valence-corrected chi connectivity index (χ4v) is 2.98. The fraction of sp³-hybridized carbons (Fsp3) is 0.421. The Balaban J connectivity index is 1.47. The molecule has 1 aliphatic carbocycles. The van der Waals surface area contributed by atoms with E-state index in [1.54, 1.807) is 12.3 Å². The van der Waals surface area contributed by atoms with E-state index in [0.29, 0.717) is 12.6 Å². The first-order valence-electron chi connectivity index (χ1n) is 8.74. The van der Waals surface area contributed by atoms with Crippen LogP contribution in [0.4, 0.5) is 0 Å². The van der Waals surface area contributed by atoms with E-state index in [4.69, 9.17) is 4.74 Å². The number of benzene rings is 1. The smallest absolute Gasteiger partial charge is 0.347 e. The van der Waals surface area contributed by atoms with Crippen LogP contribution in [0.1, 0.15) is 37.7 Å². The molecule has 1 heterocycles. The van der Waals surface area contributed by atoms with Crippen molar-refractivity contribution >= 4 is 5.91 Å². The third kappa shape index (κ3) is 5.17. The summed E-state index contributed by atoms with van der Waals surface area (Å²) in [6, 6.07) is 9.42.